The highest BCUT2D eigenvalue weighted by atomic mass is 79.9. The maximum absolute atomic E-state index is 13.4. The molecule has 2 aromatic carbocycles. The van der Waals surface area contributed by atoms with Crippen molar-refractivity contribution in [3.63, 3.8) is 0 Å². The summed E-state index contributed by atoms with van der Waals surface area (Å²) < 4.78 is 60.6. The fraction of sp³-hybridized carbons (Fsp3) is 0.391. The fourth-order valence-electron chi connectivity index (χ4n) is 3.23. The summed E-state index contributed by atoms with van der Waals surface area (Å²) >= 11 is 3.40. The van der Waals surface area contributed by atoms with Gasteiger partial charge in [-0.1, -0.05) is 47.1 Å². The molecule has 13 heteroatoms. The van der Waals surface area contributed by atoms with Crippen molar-refractivity contribution >= 4 is 37.8 Å². The van der Waals surface area contributed by atoms with Crippen molar-refractivity contribution in [2.75, 3.05) is 32.7 Å². The number of alkyl halides is 3. The highest BCUT2D eigenvalue weighted by molar-refractivity contribution is 9.10. The second kappa shape index (κ2) is 13.2. The van der Waals surface area contributed by atoms with E-state index in [1.807, 2.05) is 43.3 Å². The van der Waals surface area contributed by atoms with Crippen molar-refractivity contribution < 1.29 is 36.3 Å². The quantitative estimate of drug-likeness (QED) is 0.510. The summed E-state index contributed by atoms with van der Waals surface area (Å²) in [5.41, 5.74) is 1.90. The number of hydrogen-bond donors (Lipinski definition) is 2. The Hall–Kier alpha value is -2.48. The molecule has 0 unspecified atom stereocenters. The van der Waals surface area contributed by atoms with E-state index in [0.29, 0.717) is 13.1 Å². The first kappa shape index (κ1) is 29.7. The first-order valence-corrected chi connectivity index (χ1v) is 13.2. The highest BCUT2D eigenvalue weighted by Gasteiger charge is 2.38. The van der Waals surface area contributed by atoms with Gasteiger partial charge in [0.05, 0.1) is 11.4 Å². The topological polar surface area (TPSA) is 107 Å². The van der Waals surface area contributed by atoms with Crippen LogP contribution in [0.15, 0.2) is 57.9 Å². The van der Waals surface area contributed by atoms with Gasteiger partial charge in [0.2, 0.25) is 15.9 Å². The molecule has 0 bridgehead atoms. The molecule has 1 saturated heterocycles. The number of amides is 1. The van der Waals surface area contributed by atoms with E-state index in [1.165, 1.54) is 4.31 Å². The highest BCUT2D eigenvalue weighted by Crippen LogP contribution is 2.21. The molecule has 0 atom stereocenters. The fourth-order valence-corrected chi connectivity index (χ4v) is 4.87. The summed E-state index contributed by atoms with van der Waals surface area (Å²) in [4.78, 5) is 23.6. The zero-order valence-electron chi connectivity index (χ0n) is 19.5. The Bertz CT molecular complexity index is 1120. The molecule has 0 radical (unpaired) electrons. The first-order chi connectivity index (χ1) is 16.8. The molecular formula is C23H27BrF3N3O5S. The molecule has 3 rings (SSSR count). The van der Waals surface area contributed by atoms with Crippen molar-refractivity contribution in [3.8, 4) is 0 Å². The van der Waals surface area contributed by atoms with Gasteiger partial charge in [-0.2, -0.15) is 17.5 Å². The minimum Gasteiger partial charge on any atom is -0.475 e. The van der Waals surface area contributed by atoms with E-state index in [9.17, 15) is 26.4 Å². The van der Waals surface area contributed by atoms with E-state index >= 15 is 0 Å². The monoisotopic (exact) mass is 593 g/mol. The third kappa shape index (κ3) is 8.87. The van der Waals surface area contributed by atoms with Crippen LogP contribution in [0.3, 0.4) is 0 Å². The van der Waals surface area contributed by atoms with E-state index in [0.717, 1.165) is 35.1 Å². The van der Waals surface area contributed by atoms with Crippen molar-refractivity contribution in [3.05, 3.63) is 64.1 Å². The molecule has 8 nitrogen and oxygen atoms in total. The maximum Gasteiger partial charge on any atom is 0.490 e. The number of carboxylic acids is 1. The maximum atomic E-state index is 13.4. The van der Waals surface area contributed by atoms with Gasteiger partial charge in [0.1, 0.15) is 0 Å². The lowest BCUT2D eigenvalue weighted by molar-refractivity contribution is -0.192. The molecule has 1 aliphatic rings. The van der Waals surface area contributed by atoms with Gasteiger partial charge in [-0.05, 0) is 41.8 Å². The molecule has 2 aromatic rings. The number of benzene rings is 2. The number of halogens is 4. The van der Waals surface area contributed by atoms with Crippen molar-refractivity contribution in [1.29, 1.82) is 0 Å². The predicted octanol–water partition coefficient (Wildman–Crippen LogP) is 3.27. The van der Waals surface area contributed by atoms with E-state index in [2.05, 4.69) is 21.2 Å². The SMILES string of the molecule is CCc1ccc(S(=O)(=O)N(CC(=O)N2CCNCC2)Cc2ccc(Br)cc2)cc1.O=C(O)C(F)(F)F. The average Bonchev–Trinajstić information content (AvgIpc) is 2.85. The van der Waals surface area contributed by atoms with Gasteiger partial charge >= 0.3 is 12.1 Å². The number of sulfonamides is 1. The summed E-state index contributed by atoms with van der Waals surface area (Å²) in [6, 6.07) is 14.4. The number of aryl methyl sites for hydroxylation is 1. The van der Waals surface area contributed by atoms with E-state index in [1.54, 1.807) is 17.0 Å². The van der Waals surface area contributed by atoms with Gasteiger partial charge in [-0.3, -0.25) is 4.79 Å². The van der Waals surface area contributed by atoms with Gasteiger partial charge in [0, 0.05) is 37.2 Å². The number of piperazine rings is 1. The Morgan fingerprint density at radius 1 is 1.03 bits per heavy atom. The minimum atomic E-state index is -5.08. The Morgan fingerprint density at radius 3 is 2.00 bits per heavy atom. The van der Waals surface area contributed by atoms with Crippen LogP contribution >= 0.6 is 15.9 Å². The molecule has 1 amide bonds. The van der Waals surface area contributed by atoms with Crippen molar-refractivity contribution in [1.82, 2.24) is 14.5 Å². The normalized spacial score (nSPS) is 14.2. The van der Waals surface area contributed by atoms with Crippen LogP contribution in [0.2, 0.25) is 0 Å². The predicted molar refractivity (Wildman–Crippen MR) is 131 cm³/mol. The van der Waals surface area contributed by atoms with Crippen molar-refractivity contribution in [2.24, 2.45) is 0 Å². The number of hydrogen-bond acceptors (Lipinski definition) is 5. The lowest BCUT2D eigenvalue weighted by Gasteiger charge is -2.30. The zero-order chi connectivity index (χ0) is 26.9. The summed E-state index contributed by atoms with van der Waals surface area (Å²) in [6.45, 7) is 4.63. The smallest absolute Gasteiger partial charge is 0.475 e. The molecule has 1 fully saturated rings. The Balaban J connectivity index is 0.000000572. The largest absolute Gasteiger partial charge is 0.490 e. The molecule has 1 heterocycles. The third-order valence-corrected chi connectivity index (χ3v) is 7.60. The second-order valence-corrected chi connectivity index (χ2v) is 10.7. The summed E-state index contributed by atoms with van der Waals surface area (Å²) in [7, 11) is -3.81. The molecule has 0 spiro atoms. The third-order valence-electron chi connectivity index (χ3n) is 5.27. The van der Waals surface area contributed by atoms with Crippen LogP contribution in [0.5, 0.6) is 0 Å². The molecule has 0 saturated carbocycles. The Labute approximate surface area is 216 Å². The van der Waals surface area contributed by atoms with Crippen LogP contribution in [0.4, 0.5) is 13.2 Å². The number of rotatable bonds is 7. The molecule has 0 aliphatic carbocycles. The standard InChI is InChI=1S/C21H26BrN3O3S.C2HF3O2/c1-2-17-5-9-20(10-6-17)29(27,28)25(15-18-3-7-19(22)8-4-18)16-21(26)24-13-11-23-12-14-24;3-2(4,5)1(6)7/h3-10,23H,2,11-16H2,1H3;(H,6,7). The minimum absolute atomic E-state index is 0.142. The number of carboxylic acid groups (broad SMARTS) is 1. The van der Waals surface area contributed by atoms with Crippen LogP contribution in [-0.2, 0) is 32.6 Å². The second-order valence-electron chi connectivity index (χ2n) is 7.83. The molecule has 198 valence electrons. The van der Waals surface area contributed by atoms with Crippen molar-refractivity contribution in [2.45, 2.75) is 31.0 Å². The lowest BCUT2D eigenvalue weighted by Crippen LogP contribution is -2.50. The Morgan fingerprint density at radius 2 is 1.53 bits per heavy atom. The van der Waals surface area contributed by atoms with Gasteiger partial charge < -0.3 is 15.3 Å². The summed E-state index contributed by atoms with van der Waals surface area (Å²) in [5.74, 6) is -2.93. The lowest BCUT2D eigenvalue weighted by atomic mass is 10.2. The van der Waals surface area contributed by atoms with Crippen LogP contribution < -0.4 is 5.32 Å². The van der Waals surface area contributed by atoms with E-state index in [4.69, 9.17) is 9.90 Å². The van der Waals surface area contributed by atoms with Gasteiger partial charge in [0.25, 0.3) is 0 Å². The number of carbonyl (C=O) groups excluding carboxylic acids is 1. The van der Waals surface area contributed by atoms with Gasteiger partial charge in [-0.15, -0.1) is 0 Å². The molecule has 36 heavy (non-hydrogen) atoms. The number of carbonyl (C=O) groups is 2. The van der Waals surface area contributed by atoms with Crippen LogP contribution in [0.1, 0.15) is 18.1 Å². The molecule has 0 aromatic heterocycles. The zero-order valence-corrected chi connectivity index (χ0v) is 21.9. The van der Waals surface area contributed by atoms with Crippen LogP contribution in [0, 0.1) is 0 Å². The first-order valence-electron chi connectivity index (χ1n) is 11.0. The summed E-state index contributed by atoms with van der Waals surface area (Å²) in [6.07, 6.45) is -4.25. The van der Waals surface area contributed by atoms with Crippen LogP contribution in [-0.4, -0.2) is 73.5 Å². The van der Waals surface area contributed by atoms with E-state index in [-0.39, 0.29) is 23.9 Å². The summed E-state index contributed by atoms with van der Waals surface area (Å²) in [5, 5.41) is 10.3. The van der Waals surface area contributed by atoms with Crippen LogP contribution in [0.25, 0.3) is 0 Å². The number of nitrogens with one attached hydrogen (secondary N) is 1. The average molecular weight is 594 g/mol. The Kier molecular flexibility index (Phi) is 10.9. The number of nitrogens with zero attached hydrogens (tertiary/aromatic N) is 2. The number of aliphatic carboxylic acids is 1. The molecular weight excluding hydrogens is 567 g/mol. The molecule has 2 N–H and O–H groups in total. The van der Waals surface area contributed by atoms with E-state index < -0.39 is 22.2 Å². The van der Waals surface area contributed by atoms with Gasteiger partial charge in [-0.25, -0.2) is 13.2 Å². The molecule has 1 aliphatic heterocycles. The van der Waals surface area contributed by atoms with Gasteiger partial charge in [0.15, 0.2) is 0 Å².